The van der Waals surface area contributed by atoms with Crippen molar-refractivity contribution in [2.75, 3.05) is 17.7 Å². The van der Waals surface area contributed by atoms with Gasteiger partial charge in [-0.3, -0.25) is 9.59 Å². The molecule has 0 aliphatic heterocycles. The topological polar surface area (TPSA) is 114 Å². The van der Waals surface area contributed by atoms with Gasteiger partial charge >= 0.3 is 0 Å². The fraction of sp³-hybridized carbons (Fsp3) is 0.500. The second kappa shape index (κ2) is 8.97. The Kier molecular flexibility index (Phi) is 6.25. The zero-order valence-corrected chi connectivity index (χ0v) is 19.6. The molecular formula is C24H32N6O3. The molecule has 0 amide bonds. The van der Waals surface area contributed by atoms with Gasteiger partial charge in [-0.1, -0.05) is 6.42 Å². The van der Waals surface area contributed by atoms with Crippen LogP contribution in [0.5, 0.6) is 0 Å². The smallest absolute Gasteiger partial charge is 0.274 e. The summed E-state index contributed by atoms with van der Waals surface area (Å²) in [6.45, 7) is 5.74. The molecule has 0 spiro atoms. The summed E-state index contributed by atoms with van der Waals surface area (Å²) in [7, 11) is 1.76. The lowest BCUT2D eigenvalue weighted by Gasteiger charge is -2.33. The van der Waals surface area contributed by atoms with Crippen LogP contribution in [0.3, 0.4) is 0 Å². The van der Waals surface area contributed by atoms with Gasteiger partial charge in [0.1, 0.15) is 17.3 Å². The summed E-state index contributed by atoms with van der Waals surface area (Å²) in [5.74, 6) is 1.18. The van der Waals surface area contributed by atoms with Crippen molar-refractivity contribution in [2.24, 2.45) is 5.92 Å². The largest absolute Gasteiger partial charge is 0.390 e. The summed E-state index contributed by atoms with van der Waals surface area (Å²) in [5.41, 5.74) is 0.415. The normalized spacial score (nSPS) is 20.8. The van der Waals surface area contributed by atoms with E-state index in [9.17, 15) is 14.7 Å². The van der Waals surface area contributed by atoms with E-state index in [0.29, 0.717) is 41.4 Å². The van der Waals surface area contributed by atoms with E-state index < -0.39 is 5.60 Å². The maximum absolute atomic E-state index is 13.2. The summed E-state index contributed by atoms with van der Waals surface area (Å²) in [4.78, 5) is 30.6. The van der Waals surface area contributed by atoms with Crippen molar-refractivity contribution in [3.63, 3.8) is 0 Å². The van der Waals surface area contributed by atoms with Gasteiger partial charge in [0.25, 0.3) is 5.56 Å². The van der Waals surface area contributed by atoms with Crippen LogP contribution < -0.4 is 16.2 Å². The molecule has 9 heteroatoms. The van der Waals surface area contributed by atoms with Crippen LogP contribution >= 0.6 is 0 Å². The monoisotopic (exact) mass is 452 g/mol. The average Bonchev–Trinajstić information content (AvgIpc) is 3.18. The van der Waals surface area contributed by atoms with Crippen LogP contribution in [0.25, 0.3) is 5.65 Å². The second-order valence-electron chi connectivity index (χ2n) is 9.51. The predicted octanol–water partition coefficient (Wildman–Crippen LogP) is 3.77. The lowest BCUT2D eigenvalue weighted by atomic mass is 9.77. The third-order valence-corrected chi connectivity index (χ3v) is 6.35. The minimum Gasteiger partial charge on any atom is -0.390 e. The van der Waals surface area contributed by atoms with Crippen molar-refractivity contribution in [1.29, 1.82) is 0 Å². The SMILES string of the molecule is CNc1cc(Nc2cccn(C(C)C)c2=O)nc2c(C(=O)C[C@H]3CCC[C@](C)(O)C3)cnn12. The molecule has 2 atom stereocenters. The maximum atomic E-state index is 13.2. The van der Waals surface area contributed by atoms with Crippen LogP contribution in [0.15, 0.2) is 35.4 Å². The summed E-state index contributed by atoms with van der Waals surface area (Å²) in [5, 5.41) is 21.0. The highest BCUT2D eigenvalue weighted by Gasteiger charge is 2.31. The van der Waals surface area contributed by atoms with Gasteiger partial charge in [-0.2, -0.15) is 9.61 Å². The third-order valence-electron chi connectivity index (χ3n) is 6.35. The molecular weight excluding hydrogens is 420 g/mol. The number of hydrogen-bond donors (Lipinski definition) is 3. The lowest BCUT2D eigenvalue weighted by molar-refractivity contribution is 0.000534. The number of aliphatic hydroxyl groups is 1. The number of anilines is 3. The number of ketones is 1. The van der Waals surface area contributed by atoms with Crippen molar-refractivity contribution in [1.82, 2.24) is 19.2 Å². The molecule has 3 N–H and O–H groups in total. The Morgan fingerprint density at radius 1 is 1.39 bits per heavy atom. The Balaban J connectivity index is 1.66. The fourth-order valence-corrected chi connectivity index (χ4v) is 4.70. The van der Waals surface area contributed by atoms with Gasteiger partial charge in [0.15, 0.2) is 11.4 Å². The number of nitrogens with zero attached hydrogens (tertiary/aromatic N) is 4. The molecule has 3 aromatic rings. The minimum absolute atomic E-state index is 0.0298. The number of pyridine rings is 1. The number of Topliss-reactive ketones (excluding diaryl/α,β-unsaturated/α-hetero) is 1. The highest BCUT2D eigenvalue weighted by atomic mass is 16.3. The number of aromatic nitrogens is 4. The van der Waals surface area contributed by atoms with E-state index in [1.807, 2.05) is 26.8 Å². The molecule has 1 aliphatic carbocycles. The third kappa shape index (κ3) is 4.78. The highest BCUT2D eigenvalue weighted by molar-refractivity contribution is 6.01. The molecule has 0 saturated heterocycles. The van der Waals surface area contributed by atoms with E-state index in [0.717, 1.165) is 19.3 Å². The summed E-state index contributed by atoms with van der Waals surface area (Å²) >= 11 is 0. The second-order valence-corrected chi connectivity index (χ2v) is 9.51. The van der Waals surface area contributed by atoms with Crippen molar-refractivity contribution < 1.29 is 9.90 Å². The van der Waals surface area contributed by atoms with Gasteiger partial charge in [-0.15, -0.1) is 0 Å². The predicted molar refractivity (Wildman–Crippen MR) is 128 cm³/mol. The van der Waals surface area contributed by atoms with Gasteiger partial charge in [0.2, 0.25) is 0 Å². The van der Waals surface area contributed by atoms with E-state index in [2.05, 4.69) is 20.7 Å². The zero-order chi connectivity index (χ0) is 23.8. The first kappa shape index (κ1) is 23.0. The number of nitrogens with one attached hydrogen (secondary N) is 2. The number of carbonyl (C=O) groups excluding carboxylic acids is 1. The number of rotatable bonds is 7. The molecule has 176 valence electrons. The Labute approximate surface area is 192 Å². The zero-order valence-electron chi connectivity index (χ0n) is 19.6. The molecule has 4 rings (SSSR count). The first-order valence-electron chi connectivity index (χ1n) is 11.5. The Morgan fingerprint density at radius 2 is 2.18 bits per heavy atom. The van der Waals surface area contributed by atoms with E-state index in [1.165, 1.54) is 0 Å². The van der Waals surface area contributed by atoms with E-state index in [1.54, 1.807) is 40.7 Å². The van der Waals surface area contributed by atoms with E-state index in [4.69, 9.17) is 0 Å². The molecule has 1 saturated carbocycles. The molecule has 3 aromatic heterocycles. The lowest BCUT2D eigenvalue weighted by Crippen LogP contribution is -2.32. The Bertz CT molecular complexity index is 1230. The Morgan fingerprint density at radius 3 is 2.88 bits per heavy atom. The Hall–Kier alpha value is -3.20. The molecule has 1 aliphatic rings. The minimum atomic E-state index is -0.711. The molecule has 0 bridgehead atoms. The number of carbonyl (C=O) groups is 1. The summed E-state index contributed by atoms with van der Waals surface area (Å²) in [6, 6.07) is 5.30. The molecule has 33 heavy (non-hydrogen) atoms. The molecule has 1 fully saturated rings. The van der Waals surface area contributed by atoms with Crippen LogP contribution in [-0.4, -0.2) is 42.7 Å². The molecule has 3 heterocycles. The first-order valence-corrected chi connectivity index (χ1v) is 11.5. The summed E-state index contributed by atoms with van der Waals surface area (Å²) < 4.78 is 3.24. The number of hydrogen-bond acceptors (Lipinski definition) is 7. The van der Waals surface area contributed by atoms with E-state index >= 15 is 0 Å². The molecule has 0 unspecified atom stereocenters. The standard InChI is InChI=1S/C24H32N6O3/c1-15(2)29-10-6-8-18(23(29)32)27-20-12-21(25-4)30-22(28-20)17(14-26-30)19(31)11-16-7-5-9-24(3,33)13-16/h6,8,10,12,14-16,25,33H,5,7,9,11,13H2,1-4H3,(H,27,28)/t16-,24+/m1/s1. The van der Waals surface area contributed by atoms with Crippen molar-refractivity contribution >= 4 is 28.8 Å². The van der Waals surface area contributed by atoms with Crippen molar-refractivity contribution in [3.8, 4) is 0 Å². The van der Waals surface area contributed by atoms with Gasteiger partial charge in [0.05, 0.1) is 17.4 Å². The van der Waals surface area contributed by atoms with Crippen molar-refractivity contribution in [3.05, 3.63) is 46.5 Å². The van der Waals surface area contributed by atoms with Crippen LogP contribution in [0.2, 0.25) is 0 Å². The number of fused-ring (bicyclic) bond motifs is 1. The van der Waals surface area contributed by atoms with Gasteiger partial charge < -0.3 is 20.3 Å². The first-order chi connectivity index (χ1) is 15.7. The van der Waals surface area contributed by atoms with Gasteiger partial charge in [-0.05, 0) is 58.1 Å². The molecule has 9 nitrogen and oxygen atoms in total. The summed E-state index contributed by atoms with van der Waals surface area (Å²) in [6.07, 6.45) is 6.89. The van der Waals surface area contributed by atoms with Gasteiger partial charge in [-0.25, -0.2) is 4.98 Å². The highest BCUT2D eigenvalue weighted by Crippen LogP contribution is 2.35. The van der Waals surface area contributed by atoms with Crippen LogP contribution in [0.1, 0.15) is 69.3 Å². The average molecular weight is 453 g/mol. The van der Waals surface area contributed by atoms with Gasteiger partial charge in [0, 0.05) is 31.8 Å². The fourth-order valence-electron chi connectivity index (χ4n) is 4.70. The van der Waals surface area contributed by atoms with Crippen LogP contribution in [0, 0.1) is 5.92 Å². The van der Waals surface area contributed by atoms with Crippen LogP contribution in [-0.2, 0) is 0 Å². The van der Waals surface area contributed by atoms with Crippen LogP contribution in [0.4, 0.5) is 17.3 Å². The molecule has 0 aromatic carbocycles. The van der Waals surface area contributed by atoms with Crippen molar-refractivity contribution in [2.45, 2.75) is 64.5 Å². The molecule has 0 radical (unpaired) electrons. The maximum Gasteiger partial charge on any atom is 0.274 e. The quantitative estimate of drug-likeness (QED) is 0.468. The van der Waals surface area contributed by atoms with E-state index in [-0.39, 0.29) is 23.3 Å².